The second-order valence-electron chi connectivity index (χ2n) is 10.9. The highest BCUT2D eigenvalue weighted by atomic mass is 35.5. The lowest BCUT2D eigenvalue weighted by atomic mass is 9.97. The second kappa shape index (κ2) is 9.45. The van der Waals surface area contributed by atoms with Crippen LogP contribution < -0.4 is 4.90 Å². The van der Waals surface area contributed by atoms with E-state index in [0.29, 0.717) is 31.2 Å². The quantitative estimate of drug-likeness (QED) is 0.504. The van der Waals surface area contributed by atoms with E-state index < -0.39 is 0 Å². The van der Waals surface area contributed by atoms with Crippen molar-refractivity contribution in [1.29, 1.82) is 0 Å². The van der Waals surface area contributed by atoms with Gasteiger partial charge in [0.05, 0.1) is 22.8 Å². The fraction of sp³-hybridized carbons (Fsp3) is 0.500. The van der Waals surface area contributed by atoms with Crippen LogP contribution in [0.25, 0.3) is 22.0 Å². The number of hydrogen-bond acceptors (Lipinski definition) is 5. The highest BCUT2D eigenvalue weighted by molar-refractivity contribution is 6.36. The molecule has 2 amide bonds. The molecule has 1 aromatic carbocycles. The molecular formula is C28H34ClN7O2. The Kier molecular flexibility index (Phi) is 6.21. The number of amides is 2. The number of aromatic amines is 1. The van der Waals surface area contributed by atoms with Crippen LogP contribution in [-0.4, -0.2) is 79.9 Å². The van der Waals surface area contributed by atoms with E-state index in [9.17, 15) is 9.59 Å². The average molecular weight is 536 g/mol. The molecule has 0 aliphatic carbocycles. The van der Waals surface area contributed by atoms with Crippen molar-refractivity contribution in [3.05, 3.63) is 41.2 Å². The number of nitrogens with zero attached hydrogens (tertiary/aromatic N) is 6. The van der Waals surface area contributed by atoms with Gasteiger partial charge in [-0.25, -0.2) is 0 Å². The van der Waals surface area contributed by atoms with E-state index in [0.717, 1.165) is 64.8 Å². The largest absolute Gasteiger partial charge is 0.345 e. The van der Waals surface area contributed by atoms with Gasteiger partial charge in [0, 0.05) is 67.4 Å². The smallest absolute Gasteiger partial charge is 0.245 e. The number of anilines is 1. The molecule has 6 rings (SSSR count). The summed E-state index contributed by atoms with van der Waals surface area (Å²) in [4.78, 5) is 30.7. The fourth-order valence-corrected chi connectivity index (χ4v) is 6.99. The minimum absolute atomic E-state index is 0.0178. The molecule has 0 saturated carbocycles. The zero-order valence-electron chi connectivity index (χ0n) is 22.2. The van der Waals surface area contributed by atoms with E-state index in [2.05, 4.69) is 33.3 Å². The molecule has 2 unspecified atom stereocenters. The van der Waals surface area contributed by atoms with Crippen LogP contribution in [0.5, 0.6) is 0 Å². The van der Waals surface area contributed by atoms with Crippen molar-refractivity contribution < 1.29 is 9.59 Å². The van der Waals surface area contributed by atoms with Gasteiger partial charge in [-0.2, -0.15) is 10.2 Å². The molecule has 3 fully saturated rings. The summed E-state index contributed by atoms with van der Waals surface area (Å²) in [6, 6.07) is 2.65. The number of benzene rings is 1. The maximum Gasteiger partial charge on any atom is 0.245 e. The van der Waals surface area contributed by atoms with Crippen LogP contribution in [0.15, 0.2) is 24.9 Å². The van der Waals surface area contributed by atoms with Gasteiger partial charge >= 0.3 is 0 Å². The van der Waals surface area contributed by atoms with Gasteiger partial charge in [0.25, 0.3) is 0 Å². The van der Waals surface area contributed by atoms with Gasteiger partial charge in [-0.3, -0.25) is 19.4 Å². The summed E-state index contributed by atoms with van der Waals surface area (Å²) in [6.07, 6.45) is 6.96. The fourth-order valence-electron chi connectivity index (χ4n) is 6.74. The predicted molar refractivity (Wildman–Crippen MR) is 148 cm³/mol. The molecule has 1 N–H and O–H groups in total. The van der Waals surface area contributed by atoms with E-state index in [4.69, 9.17) is 16.7 Å². The molecule has 5 heterocycles. The molecule has 2 bridgehead atoms. The number of piperidine rings is 1. The molecular weight excluding hydrogens is 502 g/mol. The van der Waals surface area contributed by atoms with Gasteiger partial charge in [-0.1, -0.05) is 18.2 Å². The number of carbonyl (C=O) groups is 2. The summed E-state index contributed by atoms with van der Waals surface area (Å²) in [5.74, 6) is 1.06. The van der Waals surface area contributed by atoms with Gasteiger partial charge in [-0.15, -0.1) is 0 Å². The van der Waals surface area contributed by atoms with Crippen LogP contribution >= 0.6 is 11.6 Å². The summed E-state index contributed by atoms with van der Waals surface area (Å²) >= 11 is 7.06. The van der Waals surface area contributed by atoms with Crippen molar-refractivity contribution >= 4 is 40.1 Å². The summed E-state index contributed by atoms with van der Waals surface area (Å²) in [5, 5.41) is 14.5. The van der Waals surface area contributed by atoms with Gasteiger partial charge in [0.15, 0.2) is 5.82 Å². The Morgan fingerprint density at radius 1 is 1.05 bits per heavy atom. The van der Waals surface area contributed by atoms with E-state index in [1.807, 2.05) is 29.0 Å². The predicted octanol–water partition coefficient (Wildman–Crippen LogP) is 4.25. The Hall–Kier alpha value is -3.33. The number of halogens is 1. The topological polar surface area (TPSA) is 90.4 Å². The number of carbonyl (C=O) groups excluding carboxylic acids is 2. The third-order valence-corrected chi connectivity index (χ3v) is 9.20. The van der Waals surface area contributed by atoms with Gasteiger partial charge < -0.3 is 14.7 Å². The standard InChI is InChI=1S/C28H34ClN7O2/c1-5-24(38)33-10-8-19(9-11-33)36-17(3)25(26-22-13-30-31-23(22)12-16(2)27(26)29)28(32-36)35-20-6-7-21(35)15-34(14-20)18(4)37/h5,12-13,19-21H,1,6-11,14-15H2,2-4H3,(H,30,31). The van der Waals surface area contributed by atoms with Crippen LogP contribution in [0.3, 0.4) is 0 Å². The molecule has 3 aromatic rings. The normalized spacial score (nSPS) is 21.9. The molecule has 3 saturated heterocycles. The lowest BCUT2D eigenvalue weighted by Gasteiger charge is -2.41. The van der Waals surface area contributed by atoms with Crippen LogP contribution in [0.4, 0.5) is 5.82 Å². The van der Waals surface area contributed by atoms with Gasteiger partial charge in [-0.05, 0) is 57.2 Å². The monoisotopic (exact) mass is 535 g/mol. The first-order chi connectivity index (χ1) is 18.3. The first-order valence-electron chi connectivity index (χ1n) is 13.4. The third kappa shape index (κ3) is 3.90. The SMILES string of the molecule is C=CC(=O)N1CCC(n2nc(N3C4CCC3CN(C(C)=O)C4)c(-c3c(Cl)c(C)cc4[nH]ncc34)c2C)CC1. The summed E-state index contributed by atoms with van der Waals surface area (Å²) in [5.41, 5.74) is 5.00. The molecule has 2 aromatic heterocycles. The number of fused-ring (bicyclic) bond motifs is 3. The molecule has 9 nitrogen and oxygen atoms in total. The zero-order valence-corrected chi connectivity index (χ0v) is 23.0. The maximum absolute atomic E-state index is 12.2. The highest BCUT2D eigenvalue weighted by Crippen LogP contribution is 2.47. The lowest BCUT2D eigenvalue weighted by Crippen LogP contribution is -2.55. The number of rotatable bonds is 4. The Morgan fingerprint density at radius 2 is 1.74 bits per heavy atom. The van der Waals surface area contributed by atoms with Crippen LogP contribution in [-0.2, 0) is 9.59 Å². The number of aromatic nitrogens is 4. The zero-order chi connectivity index (χ0) is 26.7. The number of likely N-dealkylation sites (tertiary alicyclic amines) is 2. The van der Waals surface area contributed by atoms with Crippen LogP contribution in [0.2, 0.25) is 5.02 Å². The van der Waals surface area contributed by atoms with Crippen molar-refractivity contribution in [2.45, 2.75) is 64.6 Å². The van der Waals surface area contributed by atoms with Gasteiger partial charge in [0.2, 0.25) is 11.8 Å². The van der Waals surface area contributed by atoms with Crippen molar-refractivity contribution in [2.75, 3.05) is 31.1 Å². The summed E-state index contributed by atoms with van der Waals surface area (Å²) in [6.45, 7) is 12.2. The molecule has 2 atom stereocenters. The number of piperazine rings is 1. The number of hydrogen-bond donors (Lipinski definition) is 1. The molecule has 200 valence electrons. The first-order valence-corrected chi connectivity index (χ1v) is 13.8. The Balaban J connectivity index is 1.48. The maximum atomic E-state index is 12.2. The van der Waals surface area contributed by atoms with E-state index in [-0.39, 0.29) is 29.9 Å². The average Bonchev–Trinajstić information content (AvgIpc) is 3.57. The van der Waals surface area contributed by atoms with Crippen molar-refractivity contribution in [3.63, 3.8) is 0 Å². The highest BCUT2D eigenvalue weighted by Gasteiger charge is 2.44. The van der Waals surface area contributed by atoms with E-state index in [1.165, 1.54) is 6.08 Å². The Morgan fingerprint density at radius 3 is 2.37 bits per heavy atom. The lowest BCUT2D eigenvalue weighted by molar-refractivity contribution is -0.130. The molecule has 0 spiro atoms. The molecule has 0 radical (unpaired) electrons. The van der Waals surface area contributed by atoms with Crippen LogP contribution in [0, 0.1) is 13.8 Å². The summed E-state index contributed by atoms with van der Waals surface area (Å²) < 4.78 is 2.17. The van der Waals surface area contributed by atoms with E-state index in [1.54, 1.807) is 6.92 Å². The number of H-pyrrole nitrogens is 1. The number of nitrogens with one attached hydrogen (secondary N) is 1. The minimum Gasteiger partial charge on any atom is -0.345 e. The molecule has 3 aliphatic rings. The third-order valence-electron chi connectivity index (χ3n) is 8.71. The first kappa shape index (κ1) is 25.0. The van der Waals surface area contributed by atoms with Crippen molar-refractivity contribution in [1.82, 2.24) is 29.8 Å². The summed E-state index contributed by atoms with van der Waals surface area (Å²) in [7, 11) is 0. The van der Waals surface area contributed by atoms with E-state index >= 15 is 0 Å². The molecule has 38 heavy (non-hydrogen) atoms. The van der Waals surface area contributed by atoms with Crippen molar-refractivity contribution in [2.24, 2.45) is 0 Å². The Labute approximate surface area is 227 Å². The van der Waals surface area contributed by atoms with Crippen molar-refractivity contribution in [3.8, 4) is 11.1 Å². The van der Waals surface area contributed by atoms with Crippen LogP contribution in [0.1, 0.15) is 49.9 Å². The van der Waals surface area contributed by atoms with Gasteiger partial charge in [0.1, 0.15) is 0 Å². The Bertz CT molecular complexity index is 1420. The minimum atomic E-state index is -0.0178. The number of aryl methyl sites for hydroxylation is 1. The molecule has 3 aliphatic heterocycles. The second-order valence-corrected chi connectivity index (χ2v) is 11.3. The molecule has 10 heteroatoms.